The summed E-state index contributed by atoms with van der Waals surface area (Å²) in [6.45, 7) is 4.90. The predicted octanol–water partition coefficient (Wildman–Crippen LogP) is 1.66. The molecule has 2 rings (SSSR count). The number of aromatic nitrogens is 5. The molecule has 0 N–H and O–H groups in total. The largest absolute Gasteiger partial charge is 0.461 e. The summed E-state index contributed by atoms with van der Waals surface area (Å²) in [5.74, 6) is -0.450. The van der Waals surface area contributed by atoms with Gasteiger partial charge in [0.1, 0.15) is 5.69 Å². The van der Waals surface area contributed by atoms with E-state index in [1.165, 1.54) is 0 Å². The maximum Gasteiger partial charge on any atom is 0.361 e. The minimum Gasteiger partial charge on any atom is -0.461 e. The van der Waals surface area contributed by atoms with E-state index in [0.717, 1.165) is 18.4 Å². The zero-order valence-corrected chi connectivity index (χ0v) is 12.0. The van der Waals surface area contributed by atoms with E-state index in [1.54, 1.807) is 22.5 Å². The molecule has 0 unspecified atom stereocenters. The smallest absolute Gasteiger partial charge is 0.361 e. The van der Waals surface area contributed by atoms with Gasteiger partial charge in [0.25, 0.3) is 0 Å². The summed E-state index contributed by atoms with van der Waals surface area (Å²) in [4.78, 5) is 12.0. The summed E-state index contributed by atoms with van der Waals surface area (Å²) in [6, 6.07) is 0. The number of hydrogen-bond acceptors (Lipinski definition) is 5. The highest BCUT2D eigenvalue weighted by atomic mass is 16.5. The van der Waals surface area contributed by atoms with Crippen LogP contribution in [-0.4, -0.2) is 37.4 Å². The zero-order valence-electron chi connectivity index (χ0n) is 12.0. The number of aryl methyl sites for hydroxylation is 2. The van der Waals surface area contributed by atoms with E-state index < -0.39 is 5.97 Å². The van der Waals surface area contributed by atoms with Crippen LogP contribution in [0.1, 0.15) is 37.2 Å². The van der Waals surface area contributed by atoms with Gasteiger partial charge in [0.15, 0.2) is 5.69 Å². The topological polar surface area (TPSA) is 74.8 Å². The number of rotatable bonds is 6. The molecule has 7 heteroatoms. The van der Waals surface area contributed by atoms with Crippen LogP contribution < -0.4 is 0 Å². The highest BCUT2D eigenvalue weighted by molar-refractivity contribution is 5.93. The van der Waals surface area contributed by atoms with Crippen LogP contribution in [0.3, 0.4) is 0 Å². The summed E-state index contributed by atoms with van der Waals surface area (Å²) in [5, 5.41) is 12.2. The Balaban J connectivity index is 2.42. The van der Waals surface area contributed by atoms with Crippen molar-refractivity contribution in [3.63, 3.8) is 0 Å². The zero-order chi connectivity index (χ0) is 14.5. The number of esters is 1. The molecule has 0 saturated carbocycles. The van der Waals surface area contributed by atoms with Gasteiger partial charge in [0.2, 0.25) is 0 Å². The van der Waals surface area contributed by atoms with Crippen molar-refractivity contribution in [2.24, 2.45) is 7.05 Å². The van der Waals surface area contributed by atoms with Crippen LogP contribution in [0.25, 0.3) is 11.3 Å². The van der Waals surface area contributed by atoms with E-state index in [2.05, 4.69) is 22.3 Å². The third kappa shape index (κ3) is 2.87. The lowest BCUT2D eigenvalue weighted by molar-refractivity contribution is 0.0520. The van der Waals surface area contributed by atoms with E-state index in [-0.39, 0.29) is 5.69 Å². The van der Waals surface area contributed by atoms with Crippen molar-refractivity contribution in [3.05, 3.63) is 18.1 Å². The van der Waals surface area contributed by atoms with Gasteiger partial charge in [-0.1, -0.05) is 18.6 Å². The average Bonchev–Trinajstić information content (AvgIpc) is 3.02. The summed E-state index contributed by atoms with van der Waals surface area (Å²) in [6.07, 6.45) is 5.55. The molecule has 7 nitrogen and oxygen atoms in total. The molecule has 0 aromatic carbocycles. The Kier molecular flexibility index (Phi) is 4.49. The van der Waals surface area contributed by atoms with Gasteiger partial charge in [-0.05, 0) is 13.3 Å². The molecule has 0 spiro atoms. The minimum absolute atomic E-state index is 0.246. The molecule has 2 aromatic heterocycles. The maximum absolute atomic E-state index is 12.0. The SMILES string of the molecule is CCCCn1nnc(C(=O)OCC)c1-c1cnn(C)c1. The number of carbonyl (C=O) groups excluding carboxylic acids is 1. The summed E-state index contributed by atoms with van der Waals surface area (Å²) in [5.41, 5.74) is 1.73. The fourth-order valence-corrected chi connectivity index (χ4v) is 1.94. The first-order chi connectivity index (χ1) is 9.67. The van der Waals surface area contributed by atoms with E-state index in [4.69, 9.17) is 4.74 Å². The fourth-order valence-electron chi connectivity index (χ4n) is 1.94. The van der Waals surface area contributed by atoms with Gasteiger partial charge in [-0.25, -0.2) is 9.48 Å². The molecule has 20 heavy (non-hydrogen) atoms. The van der Waals surface area contributed by atoms with Crippen molar-refractivity contribution in [1.29, 1.82) is 0 Å². The molecule has 0 aliphatic carbocycles. The Morgan fingerprint density at radius 2 is 2.20 bits per heavy atom. The van der Waals surface area contributed by atoms with E-state index in [9.17, 15) is 4.79 Å². The second-order valence-corrected chi connectivity index (χ2v) is 4.49. The van der Waals surface area contributed by atoms with Crippen LogP contribution in [0.15, 0.2) is 12.4 Å². The highest BCUT2D eigenvalue weighted by Crippen LogP contribution is 2.22. The van der Waals surface area contributed by atoms with E-state index in [0.29, 0.717) is 18.8 Å². The standard InChI is InChI=1S/C13H19N5O2/c1-4-6-7-18-12(10-8-14-17(3)9-10)11(15-16-18)13(19)20-5-2/h8-9H,4-7H2,1-3H3. The quantitative estimate of drug-likeness (QED) is 0.751. The Morgan fingerprint density at radius 3 is 2.80 bits per heavy atom. The molecule has 0 bridgehead atoms. The average molecular weight is 277 g/mol. The van der Waals surface area contributed by atoms with Gasteiger partial charge >= 0.3 is 5.97 Å². The maximum atomic E-state index is 12.0. The first-order valence-electron chi connectivity index (χ1n) is 6.77. The lowest BCUT2D eigenvalue weighted by atomic mass is 10.2. The Labute approximate surface area is 117 Å². The van der Waals surface area contributed by atoms with Crippen LogP contribution in [0.5, 0.6) is 0 Å². The monoisotopic (exact) mass is 277 g/mol. The second kappa shape index (κ2) is 6.31. The van der Waals surface area contributed by atoms with Crippen LogP contribution in [0.4, 0.5) is 0 Å². The Bertz CT molecular complexity index is 587. The number of hydrogen-bond donors (Lipinski definition) is 0. The van der Waals surface area contributed by atoms with Crippen molar-refractivity contribution in [2.75, 3.05) is 6.61 Å². The fraction of sp³-hybridized carbons (Fsp3) is 0.538. The molecular formula is C13H19N5O2. The molecule has 108 valence electrons. The molecule has 0 aliphatic heterocycles. The van der Waals surface area contributed by atoms with Gasteiger partial charge in [-0.3, -0.25) is 4.68 Å². The van der Waals surface area contributed by atoms with Crippen molar-refractivity contribution in [3.8, 4) is 11.3 Å². The van der Waals surface area contributed by atoms with Crippen LogP contribution in [0.2, 0.25) is 0 Å². The second-order valence-electron chi connectivity index (χ2n) is 4.49. The number of ether oxygens (including phenoxy) is 1. The van der Waals surface area contributed by atoms with Crippen molar-refractivity contribution < 1.29 is 9.53 Å². The molecule has 0 saturated heterocycles. The Morgan fingerprint density at radius 1 is 1.40 bits per heavy atom. The van der Waals surface area contributed by atoms with Crippen LogP contribution >= 0.6 is 0 Å². The molecule has 0 amide bonds. The van der Waals surface area contributed by atoms with Gasteiger partial charge in [-0.2, -0.15) is 5.10 Å². The summed E-state index contributed by atoms with van der Waals surface area (Å²) < 4.78 is 8.46. The Hall–Kier alpha value is -2.18. The third-order valence-corrected chi connectivity index (χ3v) is 2.91. The van der Waals surface area contributed by atoms with Gasteiger partial charge in [-0.15, -0.1) is 5.10 Å². The summed E-state index contributed by atoms with van der Waals surface area (Å²) in [7, 11) is 1.83. The molecular weight excluding hydrogens is 258 g/mol. The highest BCUT2D eigenvalue weighted by Gasteiger charge is 2.22. The van der Waals surface area contributed by atoms with E-state index >= 15 is 0 Å². The predicted molar refractivity (Wildman–Crippen MR) is 73.1 cm³/mol. The first-order valence-corrected chi connectivity index (χ1v) is 6.77. The van der Waals surface area contributed by atoms with Crippen molar-refractivity contribution in [2.45, 2.75) is 33.2 Å². The van der Waals surface area contributed by atoms with Crippen LogP contribution in [0, 0.1) is 0 Å². The van der Waals surface area contributed by atoms with Gasteiger partial charge in [0.05, 0.1) is 12.8 Å². The molecule has 2 heterocycles. The molecule has 0 aliphatic rings. The minimum atomic E-state index is -0.450. The third-order valence-electron chi connectivity index (χ3n) is 2.91. The van der Waals surface area contributed by atoms with Crippen molar-refractivity contribution in [1.82, 2.24) is 24.8 Å². The molecule has 0 fully saturated rings. The molecule has 0 radical (unpaired) electrons. The number of carbonyl (C=O) groups is 1. The lowest BCUT2D eigenvalue weighted by Crippen LogP contribution is -2.08. The van der Waals surface area contributed by atoms with E-state index in [1.807, 2.05) is 13.2 Å². The summed E-state index contributed by atoms with van der Waals surface area (Å²) >= 11 is 0. The lowest BCUT2D eigenvalue weighted by Gasteiger charge is -2.05. The van der Waals surface area contributed by atoms with Crippen LogP contribution in [-0.2, 0) is 18.3 Å². The first kappa shape index (κ1) is 14.2. The molecule has 0 atom stereocenters. The number of unbranched alkanes of at least 4 members (excludes halogenated alkanes) is 1. The van der Waals surface area contributed by atoms with Gasteiger partial charge in [0, 0.05) is 25.4 Å². The normalized spacial score (nSPS) is 10.8. The van der Waals surface area contributed by atoms with Crippen molar-refractivity contribution >= 4 is 5.97 Å². The van der Waals surface area contributed by atoms with Gasteiger partial charge < -0.3 is 4.74 Å². The molecule has 2 aromatic rings. The number of nitrogens with zero attached hydrogens (tertiary/aromatic N) is 5.